The zero-order chi connectivity index (χ0) is 14.0. The number of benzene rings is 1. The minimum atomic E-state index is -3.77. The van der Waals surface area contributed by atoms with Crippen molar-refractivity contribution in [3.8, 4) is 5.75 Å². The van der Waals surface area contributed by atoms with E-state index in [2.05, 4.69) is 0 Å². The molecule has 2 unspecified atom stereocenters. The highest BCUT2D eigenvalue weighted by atomic mass is 35.7. The summed E-state index contributed by atoms with van der Waals surface area (Å²) in [6.07, 6.45) is 2.29. The van der Waals surface area contributed by atoms with Gasteiger partial charge >= 0.3 is 0 Å². The summed E-state index contributed by atoms with van der Waals surface area (Å²) in [5, 5.41) is 0.216. The van der Waals surface area contributed by atoms with Crippen LogP contribution in [0.15, 0.2) is 23.1 Å². The number of hydrogen-bond donors (Lipinski definition) is 0. The van der Waals surface area contributed by atoms with Gasteiger partial charge in [-0.1, -0.05) is 11.6 Å². The summed E-state index contributed by atoms with van der Waals surface area (Å²) in [6, 6.07) is 4.13. The second-order valence-corrected chi connectivity index (χ2v) is 7.46. The fourth-order valence-electron chi connectivity index (χ4n) is 1.94. The Morgan fingerprint density at radius 2 is 2.16 bits per heavy atom. The molecule has 19 heavy (non-hydrogen) atoms. The number of hydrogen-bond acceptors (Lipinski definition) is 4. The van der Waals surface area contributed by atoms with Gasteiger partial charge in [0, 0.05) is 10.7 Å². The Hall–Kier alpha value is -0.490. The summed E-state index contributed by atoms with van der Waals surface area (Å²) in [7, 11) is 1.46. The molecule has 1 aliphatic heterocycles. The molecule has 0 N–H and O–H groups in total. The van der Waals surface area contributed by atoms with Gasteiger partial charge in [-0.2, -0.15) is 0 Å². The van der Waals surface area contributed by atoms with E-state index < -0.39 is 9.05 Å². The molecule has 2 rings (SSSR count). The van der Waals surface area contributed by atoms with Gasteiger partial charge in [0.05, 0.1) is 22.1 Å². The Labute approximate surface area is 122 Å². The first-order valence-electron chi connectivity index (χ1n) is 5.89. The maximum absolute atomic E-state index is 11.1. The zero-order valence-corrected chi connectivity index (χ0v) is 12.6. The van der Waals surface area contributed by atoms with E-state index in [9.17, 15) is 8.42 Å². The molecule has 2 atom stereocenters. The summed E-state index contributed by atoms with van der Waals surface area (Å²) >= 11 is 5.96. The molecular formula is C12H14Cl2O4S. The molecule has 0 spiro atoms. The third-order valence-electron chi connectivity index (χ3n) is 2.93. The average Bonchev–Trinajstić information content (AvgIpc) is 2.72. The van der Waals surface area contributed by atoms with Crippen LogP contribution in [0.25, 0.3) is 0 Å². The van der Waals surface area contributed by atoms with E-state index in [1.165, 1.54) is 18.2 Å². The van der Waals surface area contributed by atoms with E-state index in [1.54, 1.807) is 0 Å². The van der Waals surface area contributed by atoms with Crippen LogP contribution in [0, 0.1) is 0 Å². The van der Waals surface area contributed by atoms with Crippen molar-refractivity contribution in [1.82, 2.24) is 0 Å². The molecule has 0 amide bonds. The number of rotatable bonds is 4. The molecule has 0 aromatic heterocycles. The lowest BCUT2D eigenvalue weighted by molar-refractivity contribution is 0.0265. The van der Waals surface area contributed by atoms with Crippen LogP contribution >= 0.6 is 22.3 Å². The summed E-state index contributed by atoms with van der Waals surface area (Å²) in [4.78, 5) is -0.0442. The number of halogens is 2. The molecule has 0 radical (unpaired) electrons. The van der Waals surface area contributed by atoms with E-state index in [0.29, 0.717) is 12.4 Å². The van der Waals surface area contributed by atoms with Crippen molar-refractivity contribution in [3.63, 3.8) is 0 Å². The Bertz CT molecular complexity index is 559. The Morgan fingerprint density at radius 1 is 1.42 bits per heavy atom. The van der Waals surface area contributed by atoms with Gasteiger partial charge in [0.1, 0.15) is 12.4 Å². The van der Waals surface area contributed by atoms with Gasteiger partial charge < -0.3 is 9.47 Å². The first-order valence-corrected chi connectivity index (χ1v) is 8.57. The van der Waals surface area contributed by atoms with Crippen LogP contribution in [-0.4, -0.2) is 27.2 Å². The van der Waals surface area contributed by atoms with Gasteiger partial charge in [0.25, 0.3) is 9.05 Å². The van der Waals surface area contributed by atoms with Crippen molar-refractivity contribution in [2.75, 3.05) is 6.61 Å². The van der Waals surface area contributed by atoms with Gasteiger partial charge in [-0.15, -0.1) is 0 Å². The monoisotopic (exact) mass is 324 g/mol. The molecule has 1 heterocycles. The Kier molecular flexibility index (Phi) is 4.61. The van der Waals surface area contributed by atoms with E-state index >= 15 is 0 Å². The normalized spacial score (nSPS) is 23.5. The van der Waals surface area contributed by atoms with Gasteiger partial charge in [-0.3, -0.25) is 0 Å². The van der Waals surface area contributed by atoms with Crippen LogP contribution < -0.4 is 4.74 Å². The quantitative estimate of drug-likeness (QED) is 0.798. The van der Waals surface area contributed by atoms with Crippen LogP contribution in [-0.2, 0) is 13.8 Å². The van der Waals surface area contributed by atoms with E-state index in [4.69, 9.17) is 31.8 Å². The SMILES string of the molecule is CC1CCC(COc2ccc(S(=O)(=O)Cl)cc2Cl)O1. The average molecular weight is 325 g/mol. The lowest BCUT2D eigenvalue weighted by Gasteiger charge is -2.13. The van der Waals surface area contributed by atoms with Crippen molar-refractivity contribution >= 4 is 31.3 Å². The van der Waals surface area contributed by atoms with Crippen molar-refractivity contribution in [1.29, 1.82) is 0 Å². The summed E-state index contributed by atoms with van der Waals surface area (Å²) in [5.41, 5.74) is 0. The molecule has 1 aliphatic rings. The van der Waals surface area contributed by atoms with E-state index in [0.717, 1.165) is 12.8 Å². The predicted molar refractivity (Wildman–Crippen MR) is 73.6 cm³/mol. The lowest BCUT2D eigenvalue weighted by Crippen LogP contribution is -2.18. The maximum Gasteiger partial charge on any atom is 0.261 e. The highest BCUT2D eigenvalue weighted by Gasteiger charge is 2.22. The van der Waals surface area contributed by atoms with E-state index in [1.807, 2.05) is 6.92 Å². The van der Waals surface area contributed by atoms with Crippen molar-refractivity contribution in [2.24, 2.45) is 0 Å². The molecule has 1 aromatic rings. The summed E-state index contributed by atoms with van der Waals surface area (Å²) in [5.74, 6) is 0.425. The molecule has 1 saturated heterocycles. The molecule has 0 saturated carbocycles. The van der Waals surface area contributed by atoms with Crippen LogP contribution in [0.2, 0.25) is 5.02 Å². The predicted octanol–water partition coefficient (Wildman–Crippen LogP) is 3.21. The van der Waals surface area contributed by atoms with Crippen LogP contribution in [0.1, 0.15) is 19.8 Å². The minimum Gasteiger partial charge on any atom is -0.489 e. The maximum atomic E-state index is 11.1. The minimum absolute atomic E-state index is 0.0442. The molecule has 0 aliphatic carbocycles. The van der Waals surface area contributed by atoms with Crippen LogP contribution in [0.3, 0.4) is 0 Å². The Morgan fingerprint density at radius 3 is 2.68 bits per heavy atom. The molecule has 7 heteroatoms. The van der Waals surface area contributed by atoms with Crippen molar-refractivity contribution < 1.29 is 17.9 Å². The first kappa shape index (κ1) is 14.9. The van der Waals surface area contributed by atoms with Gasteiger partial charge in [-0.25, -0.2) is 8.42 Å². The third kappa shape index (κ3) is 3.99. The van der Waals surface area contributed by atoms with Crippen molar-refractivity contribution in [3.05, 3.63) is 23.2 Å². The molecule has 4 nitrogen and oxygen atoms in total. The second kappa shape index (κ2) is 5.87. The third-order valence-corrected chi connectivity index (χ3v) is 4.58. The molecule has 0 bridgehead atoms. The smallest absolute Gasteiger partial charge is 0.261 e. The van der Waals surface area contributed by atoms with Gasteiger partial charge in [0.2, 0.25) is 0 Å². The van der Waals surface area contributed by atoms with Gasteiger partial charge in [0.15, 0.2) is 0 Å². The largest absolute Gasteiger partial charge is 0.489 e. The standard InChI is InChI=1S/C12H14Cl2O4S/c1-8-2-3-9(18-8)7-17-12-5-4-10(6-11(12)13)19(14,15)16/h4-6,8-9H,2-3,7H2,1H3. The van der Waals surface area contributed by atoms with E-state index in [-0.39, 0.29) is 22.1 Å². The van der Waals surface area contributed by atoms with Gasteiger partial charge in [-0.05, 0) is 38.0 Å². The molecule has 1 aromatic carbocycles. The molecule has 106 valence electrons. The highest BCUT2D eigenvalue weighted by molar-refractivity contribution is 8.13. The highest BCUT2D eigenvalue weighted by Crippen LogP contribution is 2.29. The zero-order valence-electron chi connectivity index (χ0n) is 10.3. The first-order chi connectivity index (χ1) is 8.86. The Balaban J connectivity index is 2.02. The number of ether oxygens (including phenoxy) is 2. The molecule has 1 fully saturated rings. The fraction of sp³-hybridized carbons (Fsp3) is 0.500. The topological polar surface area (TPSA) is 52.6 Å². The lowest BCUT2D eigenvalue weighted by atomic mass is 10.2. The van der Waals surface area contributed by atoms with Crippen molar-refractivity contribution in [2.45, 2.75) is 36.9 Å². The second-order valence-electron chi connectivity index (χ2n) is 4.49. The van der Waals surface area contributed by atoms with Crippen LogP contribution in [0.5, 0.6) is 5.75 Å². The molecular weight excluding hydrogens is 311 g/mol. The van der Waals surface area contributed by atoms with Crippen LogP contribution in [0.4, 0.5) is 0 Å². The summed E-state index contributed by atoms with van der Waals surface area (Å²) < 4.78 is 33.4. The fourth-order valence-corrected chi connectivity index (χ4v) is 3.02. The summed E-state index contributed by atoms with van der Waals surface area (Å²) in [6.45, 7) is 2.42.